The molecule has 0 spiro atoms. The van der Waals surface area contributed by atoms with Gasteiger partial charge in [-0.1, -0.05) is 11.6 Å². The van der Waals surface area contributed by atoms with Gasteiger partial charge in [0.1, 0.15) is 5.82 Å². The first-order chi connectivity index (χ1) is 7.11. The highest BCUT2D eigenvalue weighted by atomic mass is 35.5. The van der Waals surface area contributed by atoms with Gasteiger partial charge in [-0.05, 0) is 18.6 Å². The molecule has 0 aliphatic carbocycles. The van der Waals surface area contributed by atoms with Crippen LogP contribution in [-0.4, -0.2) is 14.8 Å². The van der Waals surface area contributed by atoms with Crippen molar-refractivity contribution in [2.24, 2.45) is 7.05 Å². The van der Waals surface area contributed by atoms with E-state index in [1.54, 1.807) is 17.1 Å². The van der Waals surface area contributed by atoms with Gasteiger partial charge in [0.2, 0.25) is 0 Å². The van der Waals surface area contributed by atoms with E-state index in [1.807, 2.05) is 20.0 Å². The molecule has 2 N–H and O–H groups in total. The van der Waals surface area contributed by atoms with Crippen LogP contribution in [0.15, 0.2) is 18.5 Å². The smallest absolute Gasteiger partial charge is 0.133 e. The first-order valence-electron chi connectivity index (χ1n) is 4.50. The van der Waals surface area contributed by atoms with Crippen molar-refractivity contribution >= 4 is 17.4 Å². The second kappa shape index (κ2) is 3.55. The standard InChI is InChI=1S/C10H11ClN4/c1-6-3-4-13-10(12)8(6)9-7(11)5-14-15(9)2/h3-5H,1-2H3,(H2,12,13). The van der Waals surface area contributed by atoms with Crippen molar-refractivity contribution < 1.29 is 0 Å². The Morgan fingerprint density at radius 1 is 1.47 bits per heavy atom. The third kappa shape index (κ3) is 1.57. The van der Waals surface area contributed by atoms with E-state index >= 15 is 0 Å². The maximum absolute atomic E-state index is 6.06. The van der Waals surface area contributed by atoms with Crippen LogP contribution in [0.1, 0.15) is 5.56 Å². The topological polar surface area (TPSA) is 56.7 Å². The molecule has 0 bridgehead atoms. The van der Waals surface area contributed by atoms with Crippen molar-refractivity contribution in [1.29, 1.82) is 0 Å². The van der Waals surface area contributed by atoms with Gasteiger partial charge in [0.25, 0.3) is 0 Å². The lowest BCUT2D eigenvalue weighted by Crippen LogP contribution is -2.01. The lowest BCUT2D eigenvalue weighted by atomic mass is 10.1. The zero-order valence-corrected chi connectivity index (χ0v) is 9.28. The van der Waals surface area contributed by atoms with Crippen molar-refractivity contribution in [1.82, 2.24) is 14.8 Å². The Morgan fingerprint density at radius 2 is 2.20 bits per heavy atom. The van der Waals surface area contributed by atoms with Crippen LogP contribution in [0.5, 0.6) is 0 Å². The van der Waals surface area contributed by atoms with Gasteiger partial charge >= 0.3 is 0 Å². The number of pyridine rings is 1. The minimum Gasteiger partial charge on any atom is -0.383 e. The fourth-order valence-electron chi connectivity index (χ4n) is 1.58. The SMILES string of the molecule is Cc1ccnc(N)c1-c1c(Cl)cnn1C. The summed E-state index contributed by atoms with van der Waals surface area (Å²) < 4.78 is 1.70. The number of rotatable bonds is 1. The summed E-state index contributed by atoms with van der Waals surface area (Å²) in [5.41, 5.74) is 8.53. The molecule has 15 heavy (non-hydrogen) atoms. The van der Waals surface area contributed by atoms with E-state index in [1.165, 1.54) is 0 Å². The molecule has 0 saturated heterocycles. The van der Waals surface area contributed by atoms with Crippen LogP contribution in [-0.2, 0) is 7.05 Å². The first kappa shape index (κ1) is 9.98. The third-order valence-corrected chi connectivity index (χ3v) is 2.60. The summed E-state index contributed by atoms with van der Waals surface area (Å²) in [6, 6.07) is 1.90. The molecule has 0 aromatic carbocycles. The van der Waals surface area contributed by atoms with Crippen LogP contribution in [0.25, 0.3) is 11.3 Å². The summed E-state index contributed by atoms with van der Waals surface area (Å²) in [4.78, 5) is 4.06. The Kier molecular flexibility index (Phi) is 2.36. The number of hydrogen-bond acceptors (Lipinski definition) is 3. The molecule has 0 atom stereocenters. The number of anilines is 1. The molecule has 0 radical (unpaired) electrons. The molecule has 2 aromatic heterocycles. The maximum atomic E-state index is 6.06. The van der Waals surface area contributed by atoms with Crippen molar-refractivity contribution in [2.75, 3.05) is 5.73 Å². The van der Waals surface area contributed by atoms with Gasteiger partial charge in [0.05, 0.1) is 16.9 Å². The molecule has 0 unspecified atom stereocenters. The molecule has 4 nitrogen and oxygen atoms in total. The number of hydrogen-bond donors (Lipinski definition) is 1. The van der Waals surface area contributed by atoms with Crippen molar-refractivity contribution in [3.8, 4) is 11.3 Å². The quantitative estimate of drug-likeness (QED) is 0.803. The minimum atomic E-state index is 0.473. The van der Waals surface area contributed by atoms with Crippen LogP contribution in [0.3, 0.4) is 0 Å². The average molecular weight is 223 g/mol. The second-order valence-corrected chi connectivity index (χ2v) is 3.76. The van der Waals surface area contributed by atoms with E-state index < -0.39 is 0 Å². The van der Waals surface area contributed by atoms with Crippen LogP contribution in [0.2, 0.25) is 5.02 Å². The monoisotopic (exact) mass is 222 g/mol. The minimum absolute atomic E-state index is 0.473. The molecule has 0 aliphatic rings. The molecular formula is C10H11ClN4. The highest BCUT2D eigenvalue weighted by Crippen LogP contribution is 2.32. The van der Waals surface area contributed by atoms with E-state index in [-0.39, 0.29) is 0 Å². The van der Waals surface area contributed by atoms with Crippen LogP contribution in [0, 0.1) is 6.92 Å². The number of nitrogen functional groups attached to an aromatic ring is 1. The van der Waals surface area contributed by atoms with Crippen LogP contribution in [0.4, 0.5) is 5.82 Å². The normalized spacial score (nSPS) is 10.6. The Balaban J connectivity index is 2.74. The molecule has 5 heteroatoms. The van der Waals surface area contributed by atoms with Crippen molar-refractivity contribution in [3.63, 3.8) is 0 Å². The van der Waals surface area contributed by atoms with Gasteiger partial charge in [-0.2, -0.15) is 5.10 Å². The summed E-state index contributed by atoms with van der Waals surface area (Å²) >= 11 is 6.06. The fraction of sp³-hybridized carbons (Fsp3) is 0.200. The molecule has 0 fully saturated rings. The first-order valence-corrected chi connectivity index (χ1v) is 4.88. The zero-order valence-electron chi connectivity index (χ0n) is 8.53. The molecule has 0 saturated carbocycles. The lowest BCUT2D eigenvalue weighted by molar-refractivity contribution is 0.775. The van der Waals surface area contributed by atoms with Crippen molar-refractivity contribution in [2.45, 2.75) is 6.92 Å². The molecule has 0 aliphatic heterocycles. The van der Waals surface area contributed by atoms with Crippen LogP contribution < -0.4 is 5.73 Å². The summed E-state index contributed by atoms with van der Waals surface area (Å²) in [6.07, 6.45) is 3.28. The number of nitrogens with two attached hydrogens (primary N) is 1. The fourth-order valence-corrected chi connectivity index (χ4v) is 1.84. The average Bonchev–Trinajstić information content (AvgIpc) is 2.49. The zero-order chi connectivity index (χ0) is 11.0. The van der Waals surface area contributed by atoms with E-state index in [2.05, 4.69) is 10.1 Å². The molecule has 0 amide bonds. The summed E-state index contributed by atoms with van der Waals surface area (Å²) in [5, 5.41) is 4.66. The summed E-state index contributed by atoms with van der Waals surface area (Å²) in [6.45, 7) is 1.97. The molecular weight excluding hydrogens is 212 g/mol. The van der Waals surface area contributed by atoms with Gasteiger partial charge in [-0.3, -0.25) is 4.68 Å². The third-order valence-electron chi connectivity index (χ3n) is 2.32. The number of aryl methyl sites for hydroxylation is 2. The second-order valence-electron chi connectivity index (χ2n) is 3.35. The molecule has 2 aromatic rings. The Labute approximate surface area is 92.7 Å². The number of aromatic nitrogens is 3. The lowest BCUT2D eigenvalue weighted by Gasteiger charge is -2.09. The summed E-state index contributed by atoms with van der Waals surface area (Å²) in [7, 11) is 1.83. The van der Waals surface area contributed by atoms with E-state index in [0.717, 1.165) is 16.8 Å². The maximum Gasteiger partial charge on any atom is 0.133 e. The largest absolute Gasteiger partial charge is 0.383 e. The van der Waals surface area contributed by atoms with Gasteiger partial charge in [-0.25, -0.2) is 4.98 Å². The predicted molar refractivity (Wildman–Crippen MR) is 60.6 cm³/mol. The Morgan fingerprint density at radius 3 is 2.73 bits per heavy atom. The number of halogens is 1. The van der Waals surface area contributed by atoms with Gasteiger partial charge in [0.15, 0.2) is 0 Å². The van der Waals surface area contributed by atoms with Gasteiger partial charge in [0, 0.05) is 18.8 Å². The molecule has 78 valence electrons. The van der Waals surface area contributed by atoms with E-state index in [9.17, 15) is 0 Å². The predicted octanol–water partition coefficient (Wildman–Crippen LogP) is 2.03. The Bertz CT molecular complexity index is 464. The van der Waals surface area contributed by atoms with E-state index in [4.69, 9.17) is 17.3 Å². The number of nitrogens with zero attached hydrogens (tertiary/aromatic N) is 3. The molecule has 2 rings (SSSR count). The summed E-state index contributed by atoms with van der Waals surface area (Å²) in [5.74, 6) is 0.473. The van der Waals surface area contributed by atoms with Crippen LogP contribution >= 0.6 is 11.6 Å². The van der Waals surface area contributed by atoms with Gasteiger partial charge < -0.3 is 5.73 Å². The van der Waals surface area contributed by atoms with Crippen molar-refractivity contribution in [3.05, 3.63) is 29.0 Å². The Hall–Kier alpha value is -1.55. The molecule has 2 heterocycles. The van der Waals surface area contributed by atoms with E-state index in [0.29, 0.717) is 10.8 Å². The van der Waals surface area contributed by atoms with Gasteiger partial charge in [-0.15, -0.1) is 0 Å². The highest BCUT2D eigenvalue weighted by molar-refractivity contribution is 6.33. The highest BCUT2D eigenvalue weighted by Gasteiger charge is 2.14.